The molecular weight excluding hydrogens is 310 g/mol. The number of nitrogens with one attached hydrogen (secondary N) is 2. The lowest BCUT2D eigenvalue weighted by atomic mass is 10.1. The lowest BCUT2D eigenvalue weighted by molar-refractivity contribution is 0.0979. The number of para-hydroxylation sites is 1. The fourth-order valence-electron chi connectivity index (χ4n) is 2.15. The van der Waals surface area contributed by atoms with Crippen LogP contribution in [0.4, 0.5) is 5.69 Å². The summed E-state index contributed by atoms with van der Waals surface area (Å²) in [6, 6.07) is 15.8. The fourth-order valence-corrected chi connectivity index (χ4v) is 2.87. The number of anilines is 1. The molecule has 0 saturated carbocycles. The van der Waals surface area contributed by atoms with E-state index in [0.29, 0.717) is 28.5 Å². The number of carbonyl (C=O) groups excluding carboxylic acids is 2. The average Bonchev–Trinajstić information content (AvgIpc) is 3.09. The molecule has 1 aliphatic heterocycles. The molecule has 1 aliphatic rings. The Bertz CT molecular complexity index is 759. The molecule has 0 spiro atoms. The molecule has 2 aromatic carbocycles. The molecule has 0 bridgehead atoms. The number of aliphatic imine (C=N–C) groups is 1. The molecule has 0 aliphatic carbocycles. The first-order valence-corrected chi connectivity index (χ1v) is 8.16. The quantitative estimate of drug-likeness (QED) is 0.911. The number of nitrogens with zero attached hydrogens (tertiary/aromatic N) is 1. The van der Waals surface area contributed by atoms with Crippen LogP contribution in [0.25, 0.3) is 0 Å². The maximum Gasteiger partial charge on any atom is 0.259 e. The number of benzene rings is 2. The van der Waals surface area contributed by atoms with Crippen molar-refractivity contribution < 1.29 is 9.59 Å². The van der Waals surface area contributed by atoms with E-state index in [1.807, 2.05) is 6.07 Å². The number of rotatable bonds is 3. The molecule has 2 N–H and O–H groups in total. The molecule has 116 valence electrons. The van der Waals surface area contributed by atoms with Crippen LogP contribution in [0.15, 0.2) is 59.6 Å². The van der Waals surface area contributed by atoms with Gasteiger partial charge >= 0.3 is 0 Å². The first-order chi connectivity index (χ1) is 11.2. The Morgan fingerprint density at radius 1 is 0.913 bits per heavy atom. The normalized spacial score (nSPS) is 13.3. The van der Waals surface area contributed by atoms with E-state index in [-0.39, 0.29) is 11.8 Å². The second kappa shape index (κ2) is 7.11. The first kappa shape index (κ1) is 15.3. The van der Waals surface area contributed by atoms with Gasteiger partial charge in [-0.2, -0.15) is 0 Å². The topological polar surface area (TPSA) is 70.6 Å². The van der Waals surface area contributed by atoms with Gasteiger partial charge in [0.2, 0.25) is 0 Å². The summed E-state index contributed by atoms with van der Waals surface area (Å²) in [5, 5.41) is 6.18. The summed E-state index contributed by atoms with van der Waals surface area (Å²) in [7, 11) is 0. The predicted molar refractivity (Wildman–Crippen MR) is 93.1 cm³/mol. The molecule has 0 radical (unpaired) electrons. The zero-order chi connectivity index (χ0) is 16.1. The van der Waals surface area contributed by atoms with Crippen LogP contribution in [-0.4, -0.2) is 29.3 Å². The number of thioether (sulfide) groups is 1. The van der Waals surface area contributed by atoms with Crippen molar-refractivity contribution in [2.45, 2.75) is 0 Å². The summed E-state index contributed by atoms with van der Waals surface area (Å²) in [5.41, 5.74) is 1.42. The van der Waals surface area contributed by atoms with E-state index < -0.39 is 0 Å². The first-order valence-electron chi connectivity index (χ1n) is 7.18. The van der Waals surface area contributed by atoms with Gasteiger partial charge in [-0.15, -0.1) is 0 Å². The average molecular weight is 325 g/mol. The Morgan fingerprint density at radius 2 is 1.65 bits per heavy atom. The maximum absolute atomic E-state index is 12.4. The summed E-state index contributed by atoms with van der Waals surface area (Å²) in [6.45, 7) is 0.715. The summed E-state index contributed by atoms with van der Waals surface area (Å²) in [5.74, 6) is 0.350. The number of hydrogen-bond acceptors (Lipinski definition) is 4. The van der Waals surface area contributed by atoms with E-state index in [1.165, 1.54) is 11.8 Å². The summed E-state index contributed by atoms with van der Waals surface area (Å²) < 4.78 is 0. The van der Waals surface area contributed by atoms with Gasteiger partial charge in [0.05, 0.1) is 17.8 Å². The van der Waals surface area contributed by atoms with Crippen LogP contribution in [-0.2, 0) is 0 Å². The van der Waals surface area contributed by atoms with Crippen LogP contribution in [0.1, 0.15) is 20.7 Å². The molecule has 0 fully saturated rings. The summed E-state index contributed by atoms with van der Waals surface area (Å²) in [4.78, 5) is 28.8. The second-order valence-electron chi connectivity index (χ2n) is 4.86. The van der Waals surface area contributed by atoms with Crippen molar-refractivity contribution in [1.82, 2.24) is 5.32 Å². The van der Waals surface area contributed by atoms with Crippen LogP contribution in [0.2, 0.25) is 0 Å². The molecule has 0 saturated heterocycles. The molecule has 6 heteroatoms. The highest BCUT2D eigenvalue weighted by atomic mass is 32.2. The van der Waals surface area contributed by atoms with Crippen molar-refractivity contribution in [2.75, 3.05) is 17.6 Å². The van der Waals surface area contributed by atoms with Crippen LogP contribution < -0.4 is 10.6 Å². The highest BCUT2D eigenvalue weighted by Crippen LogP contribution is 2.17. The number of amidine groups is 1. The van der Waals surface area contributed by atoms with E-state index in [2.05, 4.69) is 15.6 Å². The predicted octanol–water partition coefficient (Wildman–Crippen LogP) is 2.77. The molecule has 2 amide bonds. The van der Waals surface area contributed by atoms with Crippen LogP contribution in [0.3, 0.4) is 0 Å². The standard InChI is InChI=1S/C17H15N3O2S/c21-15(12-6-2-1-3-7-12)19-14-9-5-4-8-13(14)16(22)20-17-18-10-11-23-17/h1-9H,10-11H2,(H,19,21)(H,18,20,22). The Kier molecular flexibility index (Phi) is 4.73. The number of amides is 2. The molecule has 0 aromatic heterocycles. The molecule has 2 aromatic rings. The van der Waals surface area contributed by atoms with Crippen molar-refractivity contribution in [3.63, 3.8) is 0 Å². The van der Waals surface area contributed by atoms with E-state index in [0.717, 1.165) is 5.75 Å². The van der Waals surface area contributed by atoms with E-state index in [9.17, 15) is 9.59 Å². The zero-order valence-electron chi connectivity index (χ0n) is 12.3. The molecule has 5 nitrogen and oxygen atoms in total. The van der Waals surface area contributed by atoms with Crippen molar-refractivity contribution in [3.05, 3.63) is 65.7 Å². The Balaban J connectivity index is 1.77. The molecular formula is C17H15N3O2S. The van der Waals surface area contributed by atoms with E-state index >= 15 is 0 Å². The second-order valence-corrected chi connectivity index (χ2v) is 5.94. The van der Waals surface area contributed by atoms with Gasteiger partial charge in [0, 0.05) is 11.3 Å². The molecule has 0 unspecified atom stereocenters. The largest absolute Gasteiger partial charge is 0.321 e. The minimum absolute atomic E-state index is 0.251. The van der Waals surface area contributed by atoms with Crippen LogP contribution >= 0.6 is 11.8 Å². The smallest absolute Gasteiger partial charge is 0.259 e. The highest BCUT2D eigenvalue weighted by Gasteiger charge is 2.17. The zero-order valence-corrected chi connectivity index (χ0v) is 13.1. The highest BCUT2D eigenvalue weighted by molar-refractivity contribution is 8.14. The Labute approximate surface area is 138 Å². The van der Waals surface area contributed by atoms with Gasteiger partial charge in [0.15, 0.2) is 5.17 Å². The fraction of sp³-hybridized carbons (Fsp3) is 0.118. The lowest BCUT2D eigenvalue weighted by Crippen LogP contribution is -2.28. The molecule has 0 atom stereocenters. The summed E-state index contributed by atoms with van der Waals surface area (Å²) >= 11 is 1.51. The van der Waals surface area contributed by atoms with Gasteiger partial charge in [-0.05, 0) is 24.3 Å². The summed E-state index contributed by atoms with van der Waals surface area (Å²) in [6.07, 6.45) is 0. The Morgan fingerprint density at radius 3 is 2.39 bits per heavy atom. The van der Waals surface area contributed by atoms with Gasteiger partial charge in [-0.3, -0.25) is 14.6 Å². The molecule has 3 rings (SSSR count). The number of hydrogen-bond donors (Lipinski definition) is 2. The van der Waals surface area contributed by atoms with Gasteiger partial charge in [0.1, 0.15) is 0 Å². The third-order valence-corrected chi connectivity index (χ3v) is 4.15. The van der Waals surface area contributed by atoms with Crippen LogP contribution in [0, 0.1) is 0 Å². The SMILES string of the molecule is O=C(Nc1ccccc1C(=O)NC1=NCCS1)c1ccccc1. The lowest BCUT2D eigenvalue weighted by Gasteiger charge is -2.11. The monoisotopic (exact) mass is 325 g/mol. The number of carbonyl (C=O) groups is 2. The van der Waals surface area contributed by atoms with Gasteiger partial charge < -0.3 is 10.6 Å². The third kappa shape index (κ3) is 3.78. The van der Waals surface area contributed by atoms with Gasteiger partial charge in [-0.1, -0.05) is 42.1 Å². The van der Waals surface area contributed by atoms with Crippen molar-refractivity contribution in [3.8, 4) is 0 Å². The third-order valence-electron chi connectivity index (χ3n) is 3.26. The maximum atomic E-state index is 12.4. The van der Waals surface area contributed by atoms with Gasteiger partial charge in [-0.25, -0.2) is 0 Å². The van der Waals surface area contributed by atoms with Crippen molar-refractivity contribution in [2.24, 2.45) is 4.99 Å². The van der Waals surface area contributed by atoms with E-state index in [1.54, 1.807) is 48.5 Å². The van der Waals surface area contributed by atoms with Gasteiger partial charge in [0.25, 0.3) is 11.8 Å². The van der Waals surface area contributed by atoms with Crippen LogP contribution in [0.5, 0.6) is 0 Å². The van der Waals surface area contributed by atoms with Crippen molar-refractivity contribution >= 4 is 34.4 Å². The van der Waals surface area contributed by atoms with E-state index in [4.69, 9.17) is 0 Å². The van der Waals surface area contributed by atoms with Crippen molar-refractivity contribution in [1.29, 1.82) is 0 Å². The minimum Gasteiger partial charge on any atom is -0.321 e. The molecule has 1 heterocycles. The Hall–Kier alpha value is -2.60. The molecule has 23 heavy (non-hydrogen) atoms. The minimum atomic E-state index is -0.276.